The fourth-order valence-electron chi connectivity index (χ4n) is 2.09. The summed E-state index contributed by atoms with van der Waals surface area (Å²) in [5, 5.41) is 0. The summed E-state index contributed by atoms with van der Waals surface area (Å²) >= 11 is 0. The lowest BCUT2D eigenvalue weighted by Gasteiger charge is -2.19. The second-order valence-electron chi connectivity index (χ2n) is 4.60. The van der Waals surface area contributed by atoms with Crippen LogP contribution in [0.15, 0.2) is 22.7 Å². The summed E-state index contributed by atoms with van der Waals surface area (Å²) in [6.07, 6.45) is 2.75. The minimum atomic E-state index is 0.647. The molecule has 2 aromatic heterocycles. The number of hydrogen-bond acceptors (Lipinski definition) is 4. The van der Waals surface area contributed by atoms with Crippen LogP contribution in [0, 0.1) is 6.92 Å². The molecule has 2 aromatic rings. The van der Waals surface area contributed by atoms with Gasteiger partial charge in [0.25, 0.3) is 0 Å². The van der Waals surface area contributed by atoms with Gasteiger partial charge < -0.3 is 4.42 Å². The van der Waals surface area contributed by atoms with E-state index in [9.17, 15) is 0 Å². The predicted octanol–water partition coefficient (Wildman–Crippen LogP) is 2.03. The molecule has 0 unspecified atom stereocenters. The van der Waals surface area contributed by atoms with Crippen LogP contribution in [-0.2, 0) is 13.0 Å². The van der Waals surface area contributed by atoms with Crippen molar-refractivity contribution in [3.8, 4) is 11.6 Å². The molecule has 0 fully saturated rings. The highest BCUT2D eigenvalue weighted by molar-refractivity contribution is 5.49. The predicted molar refractivity (Wildman–Crippen MR) is 64.5 cm³/mol. The van der Waals surface area contributed by atoms with E-state index in [-0.39, 0.29) is 0 Å². The summed E-state index contributed by atoms with van der Waals surface area (Å²) in [5.74, 6) is 1.63. The van der Waals surface area contributed by atoms with Crippen molar-refractivity contribution in [3.63, 3.8) is 0 Å². The third-order valence-electron chi connectivity index (χ3n) is 3.06. The molecule has 0 aliphatic carbocycles. The van der Waals surface area contributed by atoms with Gasteiger partial charge >= 0.3 is 0 Å². The van der Waals surface area contributed by atoms with Crippen LogP contribution in [0.1, 0.15) is 17.0 Å². The minimum Gasteiger partial charge on any atom is -0.438 e. The third kappa shape index (κ3) is 1.96. The molecule has 1 aliphatic heterocycles. The van der Waals surface area contributed by atoms with Gasteiger partial charge in [-0.3, -0.25) is 9.88 Å². The maximum Gasteiger partial charge on any atom is 0.245 e. The van der Waals surface area contributed by atoms with Crippen LogP contribution < -0.4 is 0 Å². The van der Waals surface area contributed by atoms with Crippen molar-refractivity contribution in [1.29, 1.82) is 0 Å². The highest BCUT2D eigenvalue weighted by Gasteiger charge is 2.20. The number of aromatic nitrogens is 2. The Hall–Kier alpha value is -1.68. The van der Waals surface area contributed by atoms with E-state index in [2.05, 4.69) is 21.9 Å². The largest absolute Gasteiger partial charge is 0.438 e. The van der Waals surface area contributed by atoms with Gasteiger partial charge in [0.15, 0.2) is 0 Å². The number of fused-ring (bicyclic) bond motifs is 1. The van der Waals surface area contributed by atoms with Gasteiger partial charge in [0, 0.05) is 19.2 Å². The summed E-state index contributed by atoms with van der Waals surface area (Å²) in [5.41, 5.74) is 3.08. The number of hydrogen-bond donors (Lipinski definition) is 0. The molecular formula is C13H15N3O. The average Bonchev–Trinajstić information content (AvgIpc) is 2.72. The molecule has 0 N–H and O–H groups in total. The highest BCUT2D eigenvalue weighted by Crippen LogP contribution is 2.24. The van der Waals surface area contributed by atoms with Crippen molar-refractivity contribution in [2.45, 2.75) is 19.9 Å². The topological polar surface area (TPSA) is 42.2 Å². The van der Waals surface area contributed by atoms with E-state index in [1.54, 1.807) is 6.20 Å². The summed E-state index contributed by atoms with van der Waals surface area (Å²) in [7, 11) is 2.09. The molecule has 0 aromatic carbocycles. The molecule has 88 valence electrons. The molecule has 0 radical (unpaired) electrons. The Morgan fingerprint density at radius 1 is 1.41 bits per heavy atom. The fraction of sp³-hybridized carbons (Fsp3) is 0.385. The smallest absolute Gasteiger partial charge is 0.245 e. The lowest BCUT2D eigenvalue weighted by Crippen LogP contribution is -2.25. The van der Waals surface area contributed by atoms with Crippen LogP contribution in [0.5, 0.6) is 0 Å². The Bertz CT molecular complexity index is 547. The van der Waals surface area contributed by atoms with Crippen molar-refractivity contribution >= 4 is 0 Å². The molecule has 4 nitrogen and oxygen atoms in total. The lowest BCUT2D eigenvalue weighted by atomic mass is 10.2. The third-order valence-corrected chi connectivity index (χ3v) is 3.06. The number of oxazole rings is 1. The molecule has 0 bridgehead atoms. The van der Waals surface area contributed by atoms with Crippen molar-refractivity contribution in [3.05, 3.63) is 35.3 Å². The van der Waals surface area contributed by atoms with Crippen LogP contribution in [0.4, 0.5) is 0 Å². The average molecular weight is 229 g/mol. The van der Waals surface area contributed by atoms with Crippen LogP contribution in [0.2, 0.25) is 0 Å². The van der Waals surface area contributed by atoms with Gasteiger partial charge in [-0.25, -0.2) is 4.98 Å². The van der Waals surface area contributed by atoms with Gasteiger partial charge in [0.1, 0.15) is 11.5 Å². The molecule has 1 aliphatic rings. The van der Waals surface area contributed by atoms with E-state index in [1.165, 1.54) is 5.56 Å². The molecule has 0 amide bonds. The second kappa shape index (κ2) is 3.96. The van der Waals surface area contributed by atoms with E-state index in [1.807, 2.05) is 19.1 Å². The van der Waals surface area contributed by atoms with Crippen LogP contribution >= 0.6 is 0 Å². The number of likely N-dealkylation sites (N-methyl/N-ethyl adjacent to an activating group) is 1. The van der Waals surface area contributed by atoms with E-state index >= 15 is 0 Å². The molecular weight excluding hydrogens is 214 g/mol. The molecule has 3 rings (SSSR count). The second-order valence-corrected chi connectivity index (χ2v) is 4.60. The van der Waals surface area contributed by atoms with E-state index in [4.69, 9.17) is 4.42 Å². The monoisotopic (exact) mass is 229 g/mol. The van der Waals surface area contributed by atoms with Gasteiger partial charge in [0.2, 0.25) is 5.89 Å². The maximum atomic E-state index is 5.80. The normalized spacial score (nSPS) is 15.9. The van der Waals surface area contributed by atoms with Gasteiger partial charge in [-0.2, -0.15) is 0 Å². The van der Waals surface area contributed by atoms with Gasteiger partial charge in [0.05, 0.1) is 12.2 Å². The number of aryl methyl sites for hydroxylation is 1. The van der Waals surface area contributed by atoms with Gasteiger partial charge in [-0.1, -0.05) is 0 Å². The van der Waals surface area contributed by atoms with Crippen LogP contribution in [-0.4, -0.2) is 28.5 Å². The summed E-state index contributed by atoms with van der Waals surface area (Å²) in [6.45, 7) is 3.93. The zero-order valence-electron chi connectivity index (χ0n) is 10.1. The Balaban J connectivity index is 2.00. The molecule has 0 atom stereocenters. The fourth-order valence-corrected chi connectivity index (χ4v) is 2.09. The number of rotatable bonds is 1. The standard InChI is InChI=1S/C13H15N3O/c1-9-3-5-14-11(7-9)13-15-10-4-6-16(2)8-12(10)17-13/h3,5,7H,4,6,8H2,1-2H3. The summed E-state index contributed by atoms with van der Waals surface area (Å²) < 4.78 is 5.80. The van der Waals surface area contributed by atoms with E-state index in [0.29, 0.717) is 5.89 Å². The first-order valence-corrected chi connectivity index (χ1v) is 5.82. The molecule has 0 spiro atoms. The summed E-state index contributed by atoms with van der Waals surface area (Å²) in [4.78, 5) is 11.1. The van der Waals surface area contributed by atoms with Gasteiger partial charge in [-0.15, -0.1) is 0 Å². The Morgan fingerprint density at radius 2 is 2.29 bits per heavy atom. The zero-order valence-corrected chi connectivity index (χ0v) is 10.1. The molecule has 4 heteroatoms. The summed E-state index contributed by atoms with van der Waals surface area (Å²) in [6, 6.07) is 3.97. The van der Waals surface area contributed by atoms with Crippen molar-refractivity contribution in [2.75, 3.05) is 13.6 Å². The first-order valence-electron chi connectivity index (χ1n) is 5.82. The zero-order chi connectivity index (χ0) is 11.8. The quantitative estimate of drug-likeness (QED) is 0.750. The molecule has 17 heavy (non-hydrogen) atoms. The molecule has 3 heterocycles. The van der Waals surface area contributed by atoms with Gasteiger partial charge in [-0.05, 0) is 31.7 Å². The highest BCUT2D eigenvalue weighted by atomic mass is 16.4. The van der Waals surface area contributed by atoms with Crippen molar-refractivity contribution in [1.82, 2.24) is 14.9 Å². The number of pyridine rings is 1. The molecule has 0 saturated carbocycles. The molecule has 0 saturated heterocycles. The van der Waals surface area contributed by atoms with Crippen molar-refractivity contribution < 1.29 is 4.42 Å². The first-order chi connectivity index (χ1) is 8.22. The Labute approximate surface area is 100 Å². The Kier molecular flexibility index (Phi) is 2.44. The van der Waals surface area contributed by atoms with Crippen molar-refractivity contribution in [2.24, 2.45) is 0 Å². The lowest BCUT2D eigenvalue weighted by molar-refractivity contribution is 0.278. The number of nitrogens with zero attached hydrogens (tertiary/aromatic N) is 3. The van der Waals surface area contributed by atoms with Crippen LogP contribution in [0.25, 0.3) is 11.6 Å². The van der Waals surface area contributed by atoms with E-state index in [0.717, 1.165) is 36.7 Å². The first kappa shape index (κ1) is 10.5. The van der Waals surface area contributed by atoms with Crippen LogP contribution in [0.3, 0.4) is 0 Å². The maximum absolute atomic E-state index is 5.80. The SMILES string of the molecule is Cc1ccnc(-c2nc3c(o2)CN(C)CC3)c1. The Morgan fingerprint density at radius 3 is 3.12 bits per heavy atom. The van der Waals surface area contributed by atoms with E-state index < -0.39 is 0 Å². The minimum absolute atomic E-state index is 0.647.